The summed E-state index contributed by atoms with van der Waals surface area (Å²) in [7, 11) is -6.81. The molecule has 1 heterocycles. The van der Waals surface area contributed by atoms with Gasteiger partial charge in [-0.15, -0.1) is 12.4 Å². The zero-order valence-electron chi connectivity index (χ0n) is 12.7. The van der Waals surface area contributed by atoms with Crippen molar-refractivity contribution in [1.29, 1.82) is 0 Å². The van der Waals surface area contributed by atoms with Gasteiger partial charge in [0.1, 0.15) is 0 Å². The lowest BCUT2D eigenvalue weighted by molar-refractivity contribution is 0.155. The molecule has 0 aliphatic carbocycles. The van der Waals surface area contributed by atoms with Crippen LogP contribution in [0.4, 0.5) is 0 Å². The van der Waals surface area contributed by atoms with E-state index in [1.165, 1.54) is 11.2 Å². The molecule has 10 heteroatoms. The molecule has 21 heavy (non-hydrogen) atoms. The van der Waals surface area contributed by atoms with Gasteiger partial charge in [-0.25, -0.2) is 25.9 Å². The Morgan fingerprint density at radius 3 is 2.33 bits per heavy atom. The fourth-order valence-corrected chi connectivity index (χ4v) is 4.40. The van der Waals surface area contributed by atoms with Gasteiger partial charge in [-0.05, 0) is 18.8 Å². The van der Waals surface area contributed by atoms with Gasteiger partial charge in [0.25, 0.3) is 0 Å². The van der Waals surface area contributed by atoms with Gasteiger partial charge in [0.15, 0.2) is 0 Å². The summed E-state index contributed by atoms with van der Waals surface area (Å²) in [5.41, 5.74) is 5.71. The van der Waals surface area contributed by atoms with E-state index in [9.17, 15) is 16.8 Å². The van der Waals surface area contributed by atoms with Crippen molar-refractivity contribution in [2.45, 2.75) is 33.2 Å². The van der Waals surface area contributed by atoms with E-state index in [1.54, 1.807) is 0 Å². The quantitative estimate of drug-likeness (QED) is 0.675. The summed E-state index contributed by atoms with van der Waals surface area (Å²) in [6, 6.07) is -0.0208. The number of piperidine rings is 1. The normalized spacial score (nSPS) is 23.5. The Hall–Kier alpha value is 0.0700. The highest BCUT2D eigenvalue weighted by molar-refractivity contribution is 7.90. The molecule has 0 amide bonds. The molecule has 3 N–H and O–H groups in total. The highest BCUT2D eigenvalue weighted by Gasteiger charge is 2.37. The average molecular weight is 364 g/mol. The second-order valence-electron chi connectivity index (χ2n) is 5.83. The molecule has 128 valence electrons. The summed E-state index contributed by atoms with van der Waals surface area (Å²) in [5.74, 6) is -0.282. The molecule has 0 aromatic heterocycles. The molecule has 1 atom stereocenters. The molecule has 1 saturated heterocycles. The molecule has 0 bridgehead atoms. The Bertz CT molecular complexity index is 534. The molecule has 1 rings (SSSR count). The third kappa shape index (κ3) is 5.99. The van der Waals surface area contributed by atoms with Gasteiger partial charge >= 0.3 is 0 Å². The first-order valence-corrected chi connectivity index (χ1v) is 9.97. The lowest BCUT2D eigenvalue weighted by Gasteiger charge is -2.41. The van der Waals surface area contributed by atoms with Gasteiger partial charge in [-0.2, -0.15) is 0 Å². The number of rotatable bonds is 6. The Labute approximate surface area is 134 Å². The molecule has 0 spiro atoms. The number of nitrogens with one attached hydrogen (secondary N) is 1. The van der Waals surface area contributed by atoms with Gasteiger partial charge in [0.2, 0.25) is 20.0 Å². The summed E-state index contributed by atoms with van der Waals surface area (Å²) in [6.45, 7) is 6.07. The van der Waals surface area contributed by atoms with E-state index >= 15 is 0 Å². The monoisotopic (exact) mass is 363 g/mol. The molecule has 0 aromatic rings. The number of hydrogen-bond donors (Lipinski definition) is 2. The van der Waals surface area contributed by atoms with Crippen LogP contribution in [-0.4, -0.2) is 58.3 Å². The van der Waals surface area contributed by atoms with Gasteiger partial charge in [0.05, 0.1) is 11.5 Å². The predicted molar refractivity (Wildman–Crippen MR) is 86.4 cm³/mol. The first kappa shape index (κ1) is 21.1. The summed E-state index contributed by atoms with van der Waals surface area (Å²) in [4.78, 5) is 0. The van der Waals surface area contributed by atoms with Crippen LogP contribution in [0.1, 0.15) is 27.2 Å². The summed E-state index contributed by atoms with van der Waals surface area (Å²) in [5, 5.41) is 0. The van der Waals surface area contributed by atoms with Crippen LogP contribution in [0.5, 0.6) is 0 Å². The number of halogens is 1. The van der Waals surface area contributed by atoms with Crippen molar-refractivity contribution in [3.63, 3.8) is 0 Å². The van der Waals surface area contributed by atoms with Gasteiger partial charge in [-0.3, -0.25) is 0 Å². The zero-order chi connectivity index (χ0) is 15.6. The standard InChI is InChI=1S/C11H25N3O4S2.ClH/c1-4-19(15,16)13-6-8-20(17,18)14-7-5-10(12)11(2,3)9-14;/h10,13H,4-9,12H2,1-3H3;1H. The maximum atomic E-state index is 12.2. The van der Waals surface area contributed by atoms with Crippen LogP contribution in [0.25, 0.3) is 0 Å². The summed E-state index contributed by atoms with van der Waals surface area (Å²) >= 11 is 0. The van der Waals surface area contributed by atoms with Crippen molar-refractivity contribution in [2.24, 2.45) is 11.1 Å². The lowest BCUT2D eigenvalue weighted by Crippen LogP contribution is -2.54. The number of nitrogens with two attached hydrogens (primary N) is 1. The molecular formula is C11H26ClN3O4S2. The minimum atomic E-state index is -3.46. The van der Waals surface area contributed by atoms with Crippen molar-refractivity contribution in [3.05, 3.63) is 0 Å². The SMILES string of the molecule is CCS(=O)(=O)NCCS(=O)(=O)N1CCC(N)C(C)(C)C1.Cl. The van der Waals surface area contributed by atoms with Crippen LogP contribution < -0.4 is 10.5 Å². The fraction of sp³-hybridized carbons (Fsp3) is 1.00. The minimum Gasteiger partial charge on any atom is -0.327 e. The number of sulfonamides is 2. The molecule has 7 nitrogen and oxygen atoms in total. The first-order chi connectivity index (χ1) is 9.00. The van der Waals surface area contributed by atoms with Crippen molar-refractivity contribution in [3.8, 4) is 0 Å². The van der Waals surface area contributed by atoms with Crippen LogP contribution in [0.3, 0.4) is 0 Å². The zero-order valence-corrected chi connectivity index (χ0v) is 15.2. The molecule has 1 aliphatic rings. The topological polar surface area (TPSA) is 110 Å². The van der Waals surface area contributed by atoms with Crippen LogP contribution in [0.2, 0.25) is 0 Å². The first-order valence-electron chi connectivity index (χ1n) is 6.71. The Morgan fingerprint density at radius 2 is 1.86 bits per heavy atom. The largest absolute Gasteiger partial charge is 0.327 e. The van der Waals surface area contributed by atoms with E-state index in [4.69, 9.17) is 5.73 Å². The van der Waals surface area contributed by atoms with Crippen molar-refractivity contribution >= 4 is 32.5 Å². The van der Waals surface area contributed by atoms with E-state index in [0.717, 1.165) is 0 Å². The van der Waals surface area contributed by atoms with Crippen molar-refractivity contribution < 1.29 is 16.8 Å². The second kappa shape index (κ2) is 7.56. The molecule has 0 saturated carbocycles. The van der Waals surface area contributed by atoms with E-state index in [-0.39, 0.29) is 41.9 Å². The van der Waals surface area contributed by atoms with Crippen LogP contribution in [-0.2, 0) is 20.0 Å². The van der Waals surface area contributed by atoms with E-state index in [0.29, 0.717) is 19.5 Å². The highest BCUT2D eigenvalue weighted by atomic mass is 35.5. The Morgan fingerprint density at radius 1 is 1.29 bits per heavy atom. The van der Waals surface area contributed by atoms with Crippen LogP contribution in [0.15, 0.2) is 0 Å². The van der Waals surface area contributed by atoms with Crippen molar-refractivity contribution in [2.75, 3.05) is 31.1 Å². The maximum absolute atomic E-state index is 12.2. The smallest absolute Gasteiger partial charge is 0.215 e. The predicted octanol–water partition coefficient (Wildman–Crippen LogP) is -0.263. The molecule has 1 fully saturated rings. The maximum Gasteiger partial charge on any atom is 0.215 e. The van der Waals surface area contributed by atoms with Crippen LogP contribution >= 0.6 is 12.4 Å². The summed E-state index contributed by atoms with van der Waals surface area (Å²) < 4.78 is 50.6. The molecule has 0 aromatic carbocycles. The van der Waals surface area contributed by atoms with E-state index in [1.807, 2.05) is 13.8 Å². The molecule has 1 unspecified atom stereocenters. The highest BCUT2D eigenvalue weighted by Crippen LogP contribution is 2.29. The third-order valence-electron chi connectivity index (χ3n) is 3.73. The average Bonchev–Trinajstić information content (AvgIpc) is 2.32. The van der Waals surface area contributed by atoms with E-state index in [2.05, 4.69) is 4.72 Å². The molecular weight excluding hydrogens is 338 g/mol. The summed E-state index contributed by atoms with van der Waals surface area (Å²) in [6.07, 6.45) is 0.618. The van der Waals surface area contributed by atoms with E-state index < -0.39 is 20.0 Å². The fourth-order valence-electron chi connectivity index (χ4n) is 2.12. The third-order valence-corrected chi connectivity index (χ3v) is 6.96. The second-order valence-corrected chi connectivity index (χ2v) is 10.0. The van der Waals surface area contributed by atoms with Crippen molar-refractivity contribution in [1.82, 2.24) is 9.03 Å². The Kier molecular flexibility index (Phi) is 7.59. The minimum absolute atomic E-state index is 0. The number of hydrogen-bond acceptors (Lipinski definition) is 5. The number of nitrogens with zero attached hydrogens (tertiary/aromatic N) is 1. The molecule has 0 radical (unpaired) electrons. The van der Waals surface area contributed by atoms with Gasteiger partial charge in [-0.1, -0.05) is 13.8 Å². The van der Waals surface area contributed by atoms with Crippen LogP contribution in [0, 0.1) is 5.41 Å². The lowest BCUT2D eigenvalue weighted by atomic mass is 9.81. The molecule has 1 aliphatic heterocycles. The Balaban J connectivity index is 0.00000400. The van der Waals surface area contributed by atoms with Gasteiger partial charge < -0.3 is 5.73 Å². The van der Waals surface area contributed by atoms with Gasteiger partial charge in [0, 0.05) is 25.7 Å².